The summed E-state index contributed by atoms with van der Waals surface area (Å²) in [4.78, 5) is 45.2. The van der Waals surface area contributed by atoms with Gasteiger partial charge in [0.1, 0.15) is 24.3 Å². The van der Waals surface area contributed by atoms with Crippen molar-refractivity contribution in [2.75, 3.05) is 6.54 Å². The number of likely N-dealkylation sites (tertiary alicyclic amines) is 1. The third-order valence-electron chi connectivity index (χ3n) is 9.08. The van der Waals surface area contributed by atoms with Crippen LogP contribution in [-0.2, 0) is 14.4 Å². The van der Waals surface area contributed by atoms with E-state index in [4.69, 9.17) is 0 Å². The second-order valence-corrected chi connectivity index (χ2v) is 12.8. The van der Waals surface area contributed by atoms with Crippen molar-refractivity contribution in [1.82, 2.24) is 20.5 Å². The molecule has 2 N–H and O–H groups in total. The van der Waals surface area contributed by atoms with E-state index < -0.39 is 65.4 Å². The Morgan fingerprint density at radius 1 is 1.02 bits per heavy atom. The molecule has 12 heteroatoms. The summed E-state index contributed by atoms with van der Waals surface area (Å²) in [5.74, 6) is -5.17. The molecule has 8 nitrogen and oxygen atoms in total. The highest BCUT2D eigenvalue weighted by atomic mass is 19.4. The van der Waals surface area contributed by atoms with E-state index in [1.54, 1.807) is 12.3 Å². The lowest BCUT2D eigenvalue weighted by Gasteiger charge is -2.37. The fourth-order valence-electron chi connectivity index (χ4n) is 7.12. The Kier molecular flexibility index (Phi) is 7.96. The third kappa shape index (κ3) is 5.82. The van der Waals surface area contributed by atoms with Gasteiger partial charge < -0.3 is 15.5 Å². The number of hydrogen-bond donors (Lipinski definition) is 2. The standard InChI is InChI=1S/C31H33F4N5O3/c1-30(2,3)26(39-29(43)31(33,34)35)28(42)40-15-21-17-10-20(22(32)11-17)24(21)25(40)27(41)38-23(12-36)19-9-18(13-37-14-19)16-7-5-4-6-8-16/h4-9,13-14,17,20-26H,10-11,15H2,1-3H3,(H,38,41)(H,39,43)/t17-,20+,21-,22-,23?,24+,25+,26-/m1/s1. The van der Waals surface area contributed by atoms with Gasteiger partial charge in [-0.1, -0.05) is 51.1 Å². The average Bonchev–Trinajstić information content (AvgIpc) is 3.64. The molecule has 1 aliphatic heterocycles. The Hall–Kier alpha value is -4.01. The molecule has 43 heavy (non-hydrogen) atoms. The van der Waals surface area contributed by atoms with E-state index in [-0.39, 0.29) is 18.4 Å². The van der Waals surface area contributed by atoms with Crippen LogP contribution in [-0.4, -0.2) is 58.6 Å². The first kappa shape index (κ1) is 30.4. The Bertz CT molecular complexity index is 1440. The molecule has 2 saturated carbocycles. The van der Waals surface area contributed by atoms with E-state index in [9.17, 15) is 37.2 Å². The molecule has 2 bridgehead atoms. The van der Waals surface area contributed by atoms with E-state index in [0.717, 1.165) is 5.56 Å². The van der Waals surface area contributed by atoms with Crippen LogP contribution >= 0.6 is 0 Å². The van der Waals surface area contributed by atoms with Gasteiger partial charge in [0, 0.05) is 30.1 Å². The molecule has 1 saturated heterocycles. The first-order valence-electron chi connectivity index (χ1n) is 14.2. The van der Waals surface area contributed by atoms with Crippen molar-refractivity contribution < 1.29 is 31.9 Å². The highest BCUT2D eigenvalue weighted by Gasteiger charge is 2.63. The van der Waals surface area contributed by atoms with Gasteiger partial charge in [-0.15, -0.1) is 0 Å². The number of nitrogens with zero attached hydrogens (tertiary/aromatic N) is 3. The molecule has 0 spiro atoms. The van der Waals surface area contributed by atoms with Crippen LogP contribution in [0.5, 0.6) is 0 Å². The summed E-state index contributed by atoms with van der Waals surface area (Å²) in [6.45, 7) is 4.58. The minimum absolute atomic E-state index is 0.0478. The number of halogens is 4. The highest BCUT2D eigenvalue weighted by Crippen LogP contribution is 2.58. The fraction of sp³-hybridized carbons (Fsp3) is 0.516. The van der Waals surface area contributed by atoms with Crippen molar-refractivity contribution in [3.8, 4) is 17.2 Å². The quantitative estimate of drug-likeness (QED) is 0.480. The maximum Gasteiger partial charge on any atom is 0.471 e. The molecule has 2 aromatic rings. The lowest BCUT2D eigenvalue weighted by atomic mass is 9.77. The Balaban J connectivity index is 1.45. The van der Waals surface area contributed by atoms with E-state index in [2.05, 4.69) is 16.4 Å². The van der Waals surface area contributed by atoms with Gasteiger partial charge in [0.2, 0.25) is 11.8 Å². The summed E-state index contributed by atoms with van der Waals surface area (Å²) >= 11 is 0. The summed E-state index contributed by atoms with van der Waals surface area (Å²) in [6.07, 6.45) is -2.47. The van der Waals surface area contributed by atoms with Crippen molar-refractivity contribution >= 4 is 17.7 Å². The predicted octanol–water partition coefficient (Wildman–Crippen LogP) is 4.34. The normalized spacial score (nSPS) is 27.6. The zero-order valence-corrected chi connectivity index (χ0v) is 23.9. The van der Waals surface area contributed by atoms with Gasteiger partial charge in [-0.3, -0.25) is 19.4 Å². The van der Waals surface area contributed by atoms with Crippen LogP contribution in [0, 0.1) is 40.4 Å². The van der Waals surface area contributed by atoms with E-state index in [1.165, 1.54) is 31.9 Å². The van der Waals surface area contributed by atoms with Crippen LogP contribution in [0.2, 0.25) is 0 Å². The number of alkyl halides is 4. The third-order valence-corrected chi connectivity index (χ3v) is 9.08. The number of amides is 3. The molecule has 3 fully saturated rings. The molecule has 8 atom stereocenters. The zero-order valence-electron chi connectivity index (χ0n) is 23.9. The van der Waals surface area contributed by atoms with Crippen molar-refractivity contribution in [3.05, 3.63) is 54.4 Å². The molecule has 228 valence electrons. The monoisotopic (exact) mass is 599 g/mol. The van der Waals surface area contributed by atoms with E-state index in [0.29, 0.717) is 24.0 Å². The summed E-state index contributed by atoms with van der Waals surface area (Å²) in [7, 11) is 0. The lowest BCUT2D eigenvalue weighted by molar-refractivity contribution is -0.176. The Morgan fingerprint density at radius 3 is 2.35 bits per heavy atom. The number of nitrogens with one attached hydrogen (secondary N) is 2. The number of pyridine rings is 1. The minimum atomic E-state index is -5.22. The van der Waals surface area contributed by atoms with Crippen molar-refractivity contribution in [2.24, 2.45) is 29.1 Å². The zero-order chi connectivity index (χ0) is 31.3. The van der Waals surface area contributed by atoms with E-state index in [1.807, 2.05) is 35.6 Å². The largest absolute Gasteiger partial charge is 0.471 e. The Labute approximate surface area is 246 Å². The average molecular weight is 600 g/mol. The van der Waals surface area contributed by atoms with Crippen LogP contribution in [0.4, 0.5) is 17.6 Å². The first-order chi connectivity index (χ1) is 20.2. The molecule has 3 aliphatic rings. The smallest absolute Gasteiger partial charge is 0.336 e. The molecule has 1 aromatic heterocycles. The molecule has 2 aliphatic carbocycles. The topological polar surface area (TPSA) is 115 Å². The molecular weight excluding hydrogens is 566 g/mol. The van der Waals surface area contributed by atoms with E-state index >= 15 is 0 Å². The first-order valence-corrected chi connectivity index (χ1v) is 14.2. The molecular formula is C31H33F4N5O3. The SMILES string of the molecule is CC(C)(C)[C@H](NC(=O)C(F)(F)F)C(=O)N1C[C@@H]2[C@@H]3C[C@H]([C@@H]2[C@H]1C(=O)NC(C#N)c1cncc(-c2ccccc2)c1)[C@H](F)C3. The Morgan fingerprint density at radius 2 is 1.72 bits per heavy atom. The highest BCUT2D eigenvalue weighted by molar-refractivity contribution is 5.94. The van der Waals surface area contributed by atoms with Crippen LogP contribution in [0.25, 0.3) is 11.1 Å². The second-order valence-electron chi connectivity index (χ2n) is 12.8. The number of carbonyl (C=O) groups excluding carboxylic acids is 3. The number of nitriles is 1. The fourth-order valence-corrected chi connectivity index (χ4v) is 7.12. The van der Waals surface area contributed by atoms with Crippen LogP contribution in [0.1, 0.15) is 45.2 Å². The van der Waals surface area contributed by atoms with Gasteiger partial charge in [-0.2, -0.15) is 18.4 Å². The van der Waals surface area contributed by atoms with Crippen LogP contribution in [0.3, 0.4) is 0 Å². The van der Waals surface area contributed by atoms with Gasteiger partial charge in [-0.05, 0) is 53.6 Å². The van der Waals surface area contributed by atoms with Gasteiger partial charge in [-0.25, -0.2) is 4.39 Å². The molecule has 3 amide bonds. The number of carbonyl (C=O) groups is 3. The van der Waals surface area contributed by atoms with Gasteiger partial charge >= 0.3 is 12.1 Å². The summed E-state index contributed by atoms with van der Waals surface area (Å²) < 4.78 is 54.6. The van der Waals surface area contributed by atoms with Gasteiger partial charge in [0.05, 0.1) is 6.07 Å². The maximum absolute atomic E-state index is 15.0. The predicted molar refractivity (Wildman–Crippen MR) is 147 cm³/mol. The van der Waals surface area contributed by atoms with Crippen molar-refractivity contribution in [3.63, 3.8) is 0 Å². The number of hydrogen-bond acceptors (Lipinski definition) is 5. The van der Waals surface area contributed by atoms with Crippen molar-refractivity contribution in [1.29, 1.82) is 5.26 Å². The second kappa shape index (κ2) is 11.2. The molecule has 2 heterocycles. The number of aromatic nitrogens is 1. The van der Waals surface area contributed by atoms with Crippen LogP contribution in [0.15, 0.2) is 48.8 Å². The maximum atomic E-state index is 15.0. The number of benzene rings is 1. The number of rotatable bonds is 6. The molecule has 1 unspecified atom stereocenters. The molecule has 0 radical (unpaired) electrons. The summed E-state index contributed by atoms with van der Waals surface area (Å²) in [6, 6.07) is 9.08. The van der Waals surface area contributed by atoms with Gasteiger partial charge in [0.15, 0.2) is 0 Å². The summed E-state index contributed by atoms with van der Waals surface area (Å²) in [5.41, 5.74) is 0.815. The molecule has 5 rings (SSSR count). The minimum Gasteiger partial charge on any atom is -0.336 e. The molecule has 1 aromatic carbocycles. The summed E-state index contributed by atoms with van der Waals surface area (Å²) in [5, 5.41) is 14.5. The van der Waals surface area contributed by atoms with Gasteiger partial charge in [0.25, 0.3) is 0 Å². The van der Waals surface area contributed by atoms with Crippen molar-refractivity contribution in [2.45, 2.75) is 64.1 Å². The lowest BCUT2D eigenvalue weighted by Crippen LogP contribution is -2.60. The van der Waals surface area contributed by atoms with Crippen LogP contribution < -0.4 is 10.6 Å². The number of fused-ring (bicyclic) bond motifs is 5.